The summed E-state index contributed by atoms with van der Waals surface area (Å²) in [4.78, 5) is 32.2. The molecule has 12 heteroatoms. The van der Waals surface area contributed by atoms with E-state index >= 15 is 0 Å². The maximum atomic E-state index is 11.3. The lowest BCUT2D eigenvalue weighted by Gasteiger charge is -2.08. The quantitative estimate of drug-likeness (QED) is 0.0452. The molecule has 0 unspecified atom stereocenters. The molecule has 12 nitrogen and oxygen atoms in total. The van der Waals surface area contributed by atoms with Crippen molar-refractivity contribution in [2.75, 3.05) is 13.1 Å². The van der Waals surface area contributed by atoms with E-state index in [1.165, 1.54) is 16.7 Å². The Labute approximate surface area is 369 Å². The fourth-order valence-corrected chi connectivity index (χ4v) is 5.38. The predicted molar refractivity (Wildman–Crippen MR) is 242 cm³/mol. The van der Waals surface area contributed by atoms with Gasteiger partial charge in [0.1, 0.15) is 56.7 Å². The van der Waals surface area contributed by atoms with Gasteiger partial charge in [-0.05, 0) is 90.6 Å². The van der Waals surface area contributed by atoms with Crippen LogP contribution in [0.5, 0.6) is 17.2 Å². The normalized spacial score (nSPS) is 10.2. The van der Waals surface area contributed by atoms with Crippen LogP contribution in [0.3, 0.4) is 0 Å². The molecule has 0 aliphatic heterocycles. The highest BCUT2D eigenvalue weighted by atomic mass is 16.6. The zero-order valence-corrected chi connectivity index (χ0v) is 36.1. The van der Waals surface area contributed by atoms with Crippen molar-refractivity contribution < 1.29 is 43.3 Å². The highest BCUT2D eigenvalue weighted by molar-refractivity contribution is 5.69. The smallest absolute Gasteiger partial charge is 0.312 e. The molecule has 330 valence electrons. The van der Waals surface area contributed by atoms with Crippen LogP contribution in [0.15, 0.2) is 146 Å². The van der Waals surface area contributed by atoms with Crippen molar-refractivity contribution in [1.29, 1.82) is 0 Å². The van der Waals surface area contributed by atoms with Gasteiger partial charge in [0.15, 0.2) is 0 Å². The Bertz CT molecular complexity index is 2240. The molecule has 0 saturated heterocycles. The fourth-order valence-electron chi connectivity index (χ4n) is 5.38. The van der Waals surface area contributed by atoms with Gasteiger partial charge in [0.05, 0.1) is 13.0 Å². The summed E-state index contributed by atoms with van der Waals surface area (Å²) in [5.74, 6) is 1.48. The summed E-state index contributed by atoms with van der Waals surface area (Å²) in [5.41, 5.74) is 15.0. The number of aryl methyl sites for hydroxylation is 3. The second kappa shape index (κ2) is 27.0. The van der Waals surface area contributed by atoms with Crippen molar-refractivity contribution >= 4 is 11.9 Å². The van der Waals surface area contributed by atoms with Crippen molar-refractivity contribution in [1.82, 2.24) is 0 Å². The van der Waals surface area contributed by atoms with Gasteiger partial charge in [-0.25, -0.2) is 0 Å². The van der Waals surface area contributed by atoms with Crippen molar-refractivity contribution in [3.63, 3.8) is 0 Å². The van der Waals surface area contributed by atoms with Gasteiger partial charge in [0.25, 0.3) is 0 Å². The summed E-state index contributed by atoms with van der Waals surface area (Å²) in [6.07, 6.45) is 0.0302. The zero-order chi connectivity index (χ0) is 45.2. The van der Waals surface area contributed by atoms with Crippen LogP contribution in [-0.2, 0) is 58.7 Å². The second-order valence-corrected chi connectivity index (χ2v) is 14.6. The summed E-state index contributed by atoms with van der Waals surface area (Å²) < 4.78 is 27.1. The number of nitro groups is 1. The monoisotopic (exact) mass is 856 g/mol. The molecule has 6 aromatic rings. The van der Waals surface area contributed by atoms with Crippen LogP contribution in [0, 0.1) is 30.9 Å². The molecule has 0 aliphatic rings. The van der Waals surface area contributed by atoms with Crippen LogP contribution in [0.4, 0.5) is 0 Å². The molecule has 0 bridgehead atoms. The maximum absolute atomic E-state index is 11.3. The van der Waals surface area contributed by atoms with Gasteiger partial charge in [-0.2, -0.15) is 0 Å². The molecule has 63 heavy (non-hydrogen) atoms. The summed E-state index contributed by atoms with van der Waals surface area (Å²) >= 11 is 0. The van der Waals surface area contributed by atoms with E-state index < -0.39 is 17.4 Å². The number of carbonyl (C=O) groups excluding carboxylic acids is 2. The minimum atomic E-state index is -0.577. The third-order valence-electron chi connectivity index (χ3n) is 9.18. The molecule has 0 heterocycles. The lowest BCUT2D eigenvalue weighted by molar-refractivity contribution is -0.479. The molecule has 0 aliphatic carbocycles. The van der Waals surface area contributed by atoms with Crippen LogP contribution < -0.4 is 19.9 Å². The van der Waals surface area contributed by atoms with Gasteiger partial charge in [-0.3, -0.25) is 19.7 Å². The summed E-state index contributed by atoms with van der Waals surface area (Å²) in [5, 5.41) is 19.1. The molecule has 0 saturated carbocycles. The molecular formula is C51H56N2O10. The molecule has 0 radical (unpaired) electrons. The molecular weight excluding hydrogens is 801 g/mol. The largest absolute Gasteiger partial charge is 0.489 e. The Morgan fingerprint density at radius 3 is 1.06 bits per heavy atom. The topological polar surface area (TPSA) is 170 Å². The maximum Gasteiger partial charge on any atom is 0.312 e. The average molecular weight is 857 g/mol. The van der Waals surface area contributed by atoms with Crippen molar-refractivity contribution in [2.45, 2.75) is 73.3 Å². The number of hydrogen-bond acceptors (Lipinski definition) is 11. The number of esters is 2. The van der Waals surface area contributed by atoms with E-state index in [1.54, 1.807) is 24.3 Å². The molecule has 0 fully saturated rings. The number of rotatable bonds is 19. The molecule has 0 amide bonds. The number of hydrogen-bond donors (Lipinski definition) is 2. The van der Waals surface area contributed by atoms with Gasteiger partial charge >= 0.3 is 11.9 Å². The van der Waals surface area contributed by atoms with Gasteiger partial charge in [0.2, 0.25) is 6.54 Å². The molecule has 0 spiro atoms. The first kappa shape index (κ1) is 48.6. The SMILES string of the molecule is Cc1ccc(COc2ccc(CO)cc2)cc1.Cc1ccc(COc2ccc(COC(=O)CCN)cc2)cc1.Cc1ccc(COc2ccc(COC(=O)CC[N+](=O)[O-])cc2)cc1. The lowest BCUT2D eigenvalue weighted by atomic mass is 10.2. The predicted octanol–water partition coefficient (Wildman–Crippen LogP) is 9.32. The fraction of sp³-hybridized carbons (Fsp3) is 0.255. The van der Waals surface area contributed by atoms with E-state index in [-0.39, 0.29) is 38.6 Å². The van der Waals surface area contributed by atoms with Crippen LogP contribution in [0.25, 0.3) is 0 Å². The highest BCUT2D eigenvalue weighted by Gasteiger charge is 2.08. The second-order valence-electron chi connectivity index (χ2n) is 14.6. The van der Waals surface area contributed by atoms with Crippen LogP contribution in [0.2, 0.25) is 0 Å². The van der Waals surface area contributed by atoms with Crippen LogP contribution in [0.1, 0.15) is 62.9 Å². The summed E-state index contributed by atoms with van der Waals surface area (Å²) in [7, 11) is 0. The Balaban J connectivity index is 0.000000210. The van der Waals surface area contributed by atoms with Crippen molar-refractivity contribution in [3.8, 4) is 17.2 Å². The van der Waals surface area contributed by atoms with E-state index in [0.717, 1.165) is 50.6 Å². The first-order valence-corrected chi connectivity index (χ1v) is 20.5. The van der Waals surface area contributed by atoms with Gasteiger partial charge < -0.3 is 34.5 Å². The number of benzene rings is 6. The number of carbonyl (C=O) groups is 2. The molecule has 0 atom stereocenters. The van der Waals surface area contributed by atoms with Crippen molar-refractivity contribution in [3.05, 3.63) is 206 Å². The first-order chi connectivity index (χ1) is 30.5. The summed E-state index contributed by atoms with van der Waals surface area (Å²) in [6, 6.07) is 46.9. The molecule has 6 aromatic carbocycles. The van der Waals surface area contributed by atoms with Gasteiger partial charge in [0, 0.05) is 11.5 Å². The number of ether oxygens (including phenoxy) is 5. The summed E-state index contributed by atoms with van der Waals surface area (Å²) in [6.45, 7) is 8.06. The van der Waals surface area contributed by atoms with E-state index in [1.807, 2.05) is 79.7 Å². The van der Waals surface area contributed by atoms with E-state index in [2.05, 4.69) is 62.4 Å². The number of aliphatic hydroxyl groups is 1. The number of nitrogens with two attached hydrogens (primary N) is 1. The van der Waals surface area contributed by atoms with Crippen LogP contribution in [-0.4, -0.2) is 35.1 Å². The average Bonchev–Trinajstić information content (AvgIpc) is 3.30. The highest BCUT2D eigenvalue weighted by Crippen LogP contribution is 2.18. The number of aliphatic hydroxyl groups excluding tert-OH is 1. The lowest BCUT2D eigenvalue weighted by Crippen LogP contribution is -2.11. The van der Waals surface area contributed by atoms with E-state index in [4.69, 9.17) is 34.5 Å². The zero-order valence-electron chi connectivity index (χ0n) is 36.1. The third-order valence-corrected chi connectivity index (χ3v) is 9.18. The molecule has 0 aromatic heterocycles. The standard InChI is InChI=1S/C18H19NO5.C18H21NO3.C15H16O2/c1-14-2-4-15(5-3-14)12-23-17-8-6-16(7-9-17)13-24-18(20)10-11-19(21)22;1-14-2-4-15(5-3-14)12-21-17-8-6-16(7-9-17)13-22-18(20)10-11-19;1-12-2-4-14(5-3-12)11-17-15-8-6-13(10-16)7-9-15/h2-9H,10-13H2,1H3;2-9H,10-13,19H2,1H3;2-9,16H,10-11H2,1H3. The molecule has 6 rings (SSSR count). The van der Waals surface area contributed by atoms with Gasteiger partial charge in [-0.15, -0.1) is 0 Å². The minimum Gasteiger partial charge on any atom is -0.489 e. The van der Waals surface area contributed by atoms with Crippen LogP contribution >= 0.6 is 0 Å². The number of nitrogens with zero attached hydrogens (tertiary/aromatic N) is 1. The first-order valence-electron chi connectivity index (χ1n) is 20.5. The Hall–Kier alpha value is -7.02. The Kier molecular flexibility index (Phi) is 20.9. The van der Waals surface area contributed by atoms with Gasteiger partial charge in [-0.1, -0.05) is 126 Å². The third kappa shape index (κ3) is 19.9. The Morgan fingerprint density at radius 1 is 0.476 bits per heavy atom. The van der Waals surface area contributed by atoms with Crippen molar-refractivity contribution in [2.24, 2.45) is 5.73 Å². The molecule has 3 N–H and O–H groups in total. The van der Waals surface area contributed by atoms with E-state index in [0.29, 0.717) is 26.4 Å². The minimum absolute atomic E-state index is 0.0677. The van der Waals surface area contributed by atoms with E-state index in [9.17, 15) is 19.7 Å². The Morgan fingerprint density at radius 2 is 0.762 bits per heavy atom.